The zero-order chi connectivity index (χ0) is 15.4. The predicted octanol–water partition coefficient (Wildman–Crippen LogP) is 3.39. The molecule has 8 heteroatoms. The number of aromatic nitrogens is 2. The van der Waals surface area contributed by atoms with Gasteiger partial charge in [-0.15, -0.1) is 0 Å². The number of hydrogen-bond acceptors (Lipinski definition) is 4. The van der Waals surface area contributed by atoms with Crippen LogP contribution in [0.1, 0.15) is 11.7 Å². The number of carbonyl (C=O) groups excluding carboxylic acids is 1. The molecule has 6 nitrogen and oxygen atoms in total. The second-order valence-electron chi connectivity index (χ2n) is 4.49. The molecule has 2 amide bonds. The summed E-state index contributed by atoms with van der Waals surface area (Å²) in [4.78, 5) is 17.6. The van der Waals surface area contributed by atoms with Crippen LogP contribution in [-0.4, -0.2) is 34.7 Å². The van der Waals surface area contributed by atoms with Gasteiger partial charge in [-0.2, -0.15) is 4.98 Å². The number of halogens is 2. The summed E-state index contributed by atoms with van der Waals surface area (Å²) in [6, 6.07) is 4.58. The van der Waals surface area contributed by atoms with E-state index in [4.69, 9.17) is 27.7 Å². The minimum Gasteiger partial charge on any atom is -0.340 e. The highest BCUT2D eigenvalue weighted by atomic mass is 35.5. The molecule has 0 saturated heterocycles. The van der Waals surface area contributed by atoms with Gasteiger partial charge in [0.05, 0.1) is 0 Å². The Labute approximate surface area is 132 Å². The van der Waals surface area contributed by atoms with Crippen molar-refractivity contribution in [2.45, 2.75) is 13.3 Å². The largest absolute Gasteiger partial charge is 0.340 e. The smallest absolute Gasteiger partial charge is 0.321 e. The lowest BCUT2D eigenvalue weighted by molar-refractivity contribution is 0.222. The Bertz CT molecular complexity index is 625. The first-order valence-corrected chi connectivity index (χ1v) is 6.97. The standard InChI is InChI=1S/C13H14Cl2N4O2/c1-8-16-12(18-21-8)3-4-19(2)13(20)17-11-6-9(14)5-10(15)7-11/h5-7H,3-4H2,1-2H3,(H,17,20). The lowest BCUT2D eigenvalue weighted by Crippen LogP contribution is -2.33. The van der Waals surface area contributed by atoms with E-state index in [0.29, 0.717) is 40.4 Å². The molecule has 0 bridgehead atoms. The number of anilines is 1. The number of hydrogen-bond donors (Lipinski definition) is 1. The number of rotatable bonds is 4. The van der Waals surface area contributed by atoms with Gasteiger partial charge in [0.25, 0.3) is 0 Å². The molecule has 0 unspecified atom stereocenters. The van der Waals surface area contributed by atoms with Crippen LogP contribution in [0.4, 0.5) is 10.5 Å². The summed E-state index contributed by atoms with van der Waals surface area (Å²) in [5.74, 6) is 1.07. The maximum atomic E-state index is 12.0. The van der Waals surface area contributed by atoms with E-state index in [0.717, 1.165) is 0 Å². The van der Waals surface area contributed by atoms with E-state index in [1.54, 1.807) is 32.2 Å². The molecule has 2 aromatic rings. The Balaban J connectivity index is 1.90. The van der Waals surface area contributed by atoms with Crippen LogP contribution in [-0.2, 0) is 6.42 Å². The molecule has 1 heterocycles. The summed E-state index contributed by atoms with van der Waals surface area (Å²) in [5, 5.41) is 7.42. The topological polar surface area (TPSA) is 71.3 Å². The number of carbonyl (C=O) groups is 1. The maximum absolute atomic E-state index is 12.0. The number of likely N-dealkylation sites (N-methyl/N-ethyl adjacent to an activating group) is 1. The summed E-state index contributed by atoms with van der Waals surface area (Å²) in [5.41, 5.74) is 0.541. The van der Waals surface area contributed by atoms with E-state index in [1.807, 2.05) is 0 Å². The van der Waals surface area contributed by atoms with Crippen molar-refractivity contribution >= 4 is 34.9 Å². The van der Waals surface area contributed by atoms with E-state index < -0.39 is 0 Å². The van der Waals surface area contributed by atoms with Crippen LogP contribution in [0.25, 0.3) is 0 Å². The Morgan fingerprint density at radius 1 is 1.33 bits per heavy atom. The molecule has 0 spiro atoms. The van der Waals surface area contributed by atoms with Gasteiger partial charge in [-0.25, -0.2) is 4.79 Å². The molecular formula is C13H14Cl2N4O2. The molecule has 0 aliphatic rings. The summed E-state index contributed by atoms with van der Waals surface area (Å²) in [6.07, 6.45) is 0.511. The van der Waals surface area contributed by atoms with Gasteiger partial charge in [0, 0.05) is 42.7 Å². The van der Waals surface area contributed by atoms with Gasteiger partial charge >= 0.3 is 6.03 Å². The molecular weight excluding hydrogens is 315 g/mol. The first kappa shape index (κ1) is 15.6. The molecule has 0 atom stereocenters. The summed E-state index contributed by atoms with van der Waals surface area (Å²) >= 11 is 11.8. The van der Waals surface area contributed by atoms with Crippen LogP contribution in [0.2, 0.25) is 10.0 Å². The molecule has 1 aromatic heterocycles. The fourth-order valence-corrected chi connectivity index (χ4v) is 2.18. The van der Waals surface area contributed by atoms with Crippen molar-refractivity contribution in [3.8, 4) is 0 Å². The molecule has 0 fully saturated rings. The van der Waals surface area contributed by atoms with Crippen molar-refractivity contribution in [3.05, 3.63) is 40.0 Å². The van der Waals surface area contributed by atoms with Crippen LogP contribution >= 0.6 is 23.2 Å². The molecule has 0 radical (unpaired) electrons. The number of nitrogens with zero attached hydrogens (tertiary/aromatic N) is 3. The van der Waals surface area contributed by atoms with Gasteiger partial charge in [0.2, 0.25) is 5.89 Å². The SMILES string of the molecule is Cc1nc(CCN(C)C(=O)Nc2cc(Cl)cc(Cl)c2)no1. The second kappa shape index (κ2) is 6.78. The number of amides is 2. The lowest BCUT2D eigenvalue weighted by Gasteiger charge is -2.17. The minimum absolute atomic E-state index is 0.270. The van der Waals surface area contributed by atoms with Crippen LogP contribution in [0.5, 0.6) is 0 Å². The van der Waals surface area contributed by atoms with Crippen molar-refractivity contribution in [1.29, 1.82) is 0 Å². The lowest BCUT2D eigenvalue weighted by atomic mass is 10.3. The number of aryl methyl sites for hydroxylation is 1. The van der Waals surface area contributed by atoms with Crippen molar-refractivity contribution in [2.75, 3.05) is 18.9 Å². The van der Waals surface area contributed by atoms with Crippen molar-refractivity contribution in [2.24, 2.45) is 0 Å². The molecule has 112 valence electrons. The van der Waals surface area contributed by atoms with Gasteiger partial charge in [-0.1, -0.05) is 28.4 Å². The van der Waals surface area contributed by atoms with Crippen LogP contribution in [0.3, 0.4) is 0 Å². The van der Waals surface area contributed by atoms with Crippen LogP contribution in [0, 0.1) is 6.92 Å². The highest BCUT2D eigenvalue weighted by Crippen LogP contribution is 2.22. The molecule has 0 saturated carbocycles. The number of benzene rings is 1. The van der Waals surface area contributed by atoms with Gasteiger partial charge < -0.3 is 14.7 Å². The Morgan fingerprint density at radius 2 is 2.00 bits per heavy atom. The van der Waals surface area contributed by atoms with Gasteiger partial charge in [-0.05, 0) is 18.2 Å². The van der Waals surface area contributed by atoms with Crippen molar-refractivity contribution in [1.82, 2.24) is 15.0 Å². The third-order valence-corrected chi connectivity index (χ3v) is 3.14. The third kappa shape index (κ3) is 4.61. The first-order valence-electron chi connectivity index (χ1n) is 6.21. The molecule has 1 N–H and O–H groups in total. The minimum atomic E-state index is -0.270. The van der Waals surface area contributed by atoms with E-state index in [9.17, 15) is 4.79 Å². The highest BCUT2D eigenvalue weighted by Gasteiger charge is 2.11. The molecule has 0 aliphatic heterocycles. The monoisotopic (exact) mass is 328 g/mol. The maximum Gasteiger partial charge on any atom is 0.321 e. The first-order chi connectivity index (χ1) is 9.94. The van der Waals surface area contributed by atoms with E-state index in [2.05, 4.69) is 15.5 Å². The van der Waals surface area contributed by atoms with E-state index in [-0.39, 0.29) is 6.03 Å². The molecule has 2 rings (SSSR count). The fourth-order valence-electron chi connectivity index (χ4n) is 1.66. The van der Waals surface area contributed by atoms with E-state index in [1.165, 1.54) is 4.90 Å². The fraction of sp³-hybridized carbons (Fsp3) is 0.308. The zero-order valence-electron chi connectivity index (χ0n) is 11.6. The summed E-state index contributed by atoms with van der Waals surface area (Å²) in [7, 11) is 1.68. The average Bonchev–Trinajstić information content (AvgIpc) is 2.80. The number of nitrogens with one attached hydrogen (secondary N) is 1. The van der Waals surface area contributed by atoms with Crippen molar-refractivity contribution in [3.63, 3.8) is 0 Å². The predicted molar refractivity (Wildman–Crippen MR) is 80.8 cm³/mol. The van der Waals surface area contributed by atoms with Crippen LogP contribution in [0.15, 0.2) is 22.7 Å². The Hall–Kier alpha value is -1.79. The summed E-state index contributed by atoms with van der Waals surface area (Å²) < 4.78 is 4.87. The van der Waals surface area contributed by atoms with E-state index >= 15 is 0 Å². The van der Waals surface area contributed by atoms with Gasteiger partial charge in [-0.3, -0.25) is 0 Å². The number of urea groups is 1. The third-order valence-electron chi connectivity index (χ3n) is 2.70. The Morgan fingerprint density at radius 3 is 2.57 bits per heavy atom. The van der Waals surface area contributed by atoms with Gasteiger partial charge in [0.15, 0.2) is 5.82 Å². The zero-order valence-corrected chi connectivity index (χ0v) is 13.1. The quantitative estimate of drug-likeness (QED) is 0.933. The average molecular weight is 329 g/mol. The Kier molecular flexibility index (Phi) is 5.03. The second-order valence-corrected chi connectivity index (χ2v) is 5.36. The van der Waals surface area contributed by atoms with Crippen molar-refractivity contribution < 1.29 is 9.32 Å². The normalized spacial score (nSPS) is 10.5. The molecule has 21 heavy (non-hydrogen) atoms. The highest BCUT2D eigenvalue weighted by molar-refractivity contribution is 6.35. The summed E-state index contributed by atoms with van der Waals surface area (Å²) in [6.45, 7) is 2.18. The van der Waals surface area contributed by atoms with Crippen LogP contribution < -0.4 is 5.32 Å². The van der Waals surface area contributed by atoms with Gasteiger partial charge in [0.1, 0.15) is 0 Å². The molecule has 0 aliphatic carbocycles. The molecule has 1 aromatic carbocycles.